The highest BCUT2D eigenvalue weighted by Crippen LogP contribution is 2.19. The number of ether oxygens (including phenoxy) is 1. The van der Waals surface area contributed by atoms with Crippen LogP contribution < -0.4 is 0 Å². The zero-order valence-electron chi connectivity index (χ0n) is 10.00. The van der Waals surface area contributed by atoms with Crippen LogP contribution in [-0.4, -0.2) is 43.5 Å². The molecular formula is C12H23NO2. The zero-order valence-corrected chi connectivity index (χ0v) is 10.00. The number of hydrogen-bond donors (Lipinski definition) is 0. The Hall–Kier alpha value is -0.410. The Kier molecular flexibility index (Phi) is 5.88. The van der Waals surface area contributed by atoms with Gasteiger partial charge in [0.2, 0.25) is 0 Å². The van der Waals surface area contributed by atoms with Gasteiger partial charge in [-0.1, -0.05) is 0 Å². The van der Waals surface area contributed by atoms with Crippen molar-refractivity contribution in [1.82, 2.24) is 4.90 Å². The molecule has 0 aromatic carbocycles. The third-order valence-corrected chi connectivity index (χ3v) is 3.14. The fourth-order valence-electron chi connectivity index (χ4n) is 2.11. The SMILES string of the molecule is CCOCCCN(C)C1CCC(=O)CC1. The maximum Gasteiger partial charge on any atom is 0.133 e. The molecular weight excluding hydrogens is 190 g/mol. The first-order valence-corrected chi connectivity index (χ1v) is 6.03. The van der Waals surface area contributed by atoms with Crippen molar-refractivity contribution in [2.45, 2.75) is 45.1 Å². The van der Waals surface area contributed by atoms with Gasteiger partial charge in [-0.3, -0.25) is 4.79 Å². The van der Waals surface area contributed by atoms with Crippen LogP contribution in [0.1, 0.15) is 39.0 Å². The fourth-order valence-corrected chi connectivity index (χ4v) is 2.11. The van der Waals surface area contributed by atoms with Crippen molar-refractivity contribution in [2.75, 3.05) is 26.8 Å². The van der Waals surface area contributed by atoms with E-state index < -0.39 is 0 Å². The number of hydrogen-bond acceptors (Lipinski definition) is 3. The van der Waals surface area contributed by atoms with Crippen LogP contribution in [0.4, 0.5) is 0 Å². The predicted molar refractivity (Wildman–Crippen MR) is 61.0 cm³/mol. The van der Waals surface area contributed by atoms with Gasteiger partial charge in [0.05, 0.1) is 0 Å². The van der Waals surface area contributed by atoms with Crippen molar-refractivity contribution in [1.29, 1.82) is 0 Å². The molecule has 0 unspecified atom stereocenters. The molecule has 0 amide bonds. The van der Waals surface area contributed by atoms with E-state index >= 15 is 0 Å². The van der Waals surface area contributed by atoms with Crippen LogP contribution in [0.2, 0.25) is 0 Å². The molecule has 0 heterocycles. The Labute approximate surface area is 92.8 Å². The first-order chi connectivity index (χ1) is 7.24. The smallest absolute Gasteiger partial charge is 0.133 e. The van der Waals surface area contributed by atoms with E-state index in [1.807, 2.05) is 6.92 Å². The zero-order chi connectivity index (χ0) is 11.1. The second kappa shape index (κ2) is 6.96. The molecule has 0 spiro atoms. The summed E-state index contributed by atoms with van der Waals surface area (Å²) in [6.45, 7) is 4.77. The van der Waals surface area contributed by atoms with E-state index in [0.29, 0.717) is 11.8 Å². The first-order valence-electron chi connectivity index (χ1n) is 6.03. The average molecular weight is 213 g/mol. The highest BCUT2D eigenvalue weighted by Gasteiger charge is 2.21. The van der Waals surface area contributed by atoms with Gasteiger partial charge in [-0.15, -0.1) is 0 Å². The number of nitrogens with zero attached hydrogens (tertiary/aromatic N) is 1. The summed E-state index contributed by atoms with van der Waals surface area (Å²) >= 11 is 0. The van der Waals surface area contributed by atoms with E-state index in [1.165, 1.54) is 0 Å². The summed E-state index contributed by atoms with van der Waals surface area (Å²) < 4.78 is 5.31. The minimum absolute atomic E-state index is 0.439. The molecule has 0 bridgehead atoms. The van der Waals surface area contributed by atoms with Crippen LogP contribution in [0, 0.1) is 0 Å². The molecule has 0 saturated heterocycles. The lowest BCUT2D eigenvalue weighted by molar-refractivity contribution is -0.121. The fraction of sp³-hybridized carbons (Fsp3) is 0.917. The first kappa shape index (κ1) is 12.7. The maximum absolute atomic E-state index is 11.1. The maximum atomic E-state index is 11.1. The minimum atomic E-state index is 0.439. The van der Waals surface area contributed by atoms with Crippen molar-refractivity contribution in [2.24, 2.45) is 0 Å². The lowest BCUT2D eigenvalue weighted by atomic mass is 9.93. The number of carbonyl (C=O) groups excluding carboxylic acids is 1. The molecule has 1 aliphatic rings. The van der Waals surface area contributed by atoms with E-state index in [4.69, 9.17) is 4.74 Å². The molecule has 0 atom stereocenters. The lowest BCUT2D eigenvalue weighted by Gasteiger charge is -2.30. The van der Waals surface area contributed by atoms with Gasteiger partial charge in [0.15, 0.2) is 0 Å². The Morgan fingerprint density at radius 1 is 1.40 bits per heavy atom. The summed E-state index contributed by atoms with van der Waals surface area (Å²) in [4.78, 5) is 13.5. The highest BCUT2D eigenvalue weighted by molar-refractivity contribution is 5.79. The molecule has 3 heteroatoms. The molecule has 0 aromatic rings. The highest BCUT2D eigenvalue weighted by atomic mass is 16.5. The van der Waals surface area contributed by atoms with Gasteiger partial charge in [-0.25, -0.2) is 0 Å². The second-order valence-corrected chi connectivity index (χ2v) is 4.30. The van der Waals surface area contributed by atoms with Crippen molar-refractivity contribution in [3.8, 4) is 0 Å². The van der Waals surface area contributed by atoms with Crippen molar-refractivity contribution in [3.05, 3.63) is 0 Å². The monoisotopic (exact) mass is 213 g/mol. The molecule has 0 aromatic heterocycles. The van der Waals surface area contributed by atoms with Crippen LogP contribution in [-0.2, 0) is 9.53 Å². The van der Waals surface area contributed by atoms with E-state index in [0.717, 1.165) is 51.9 Å². The third kappa shape index (κ3) is 4.76. The number of carbonyl (C=O) groups is 1. The van der Waals surface area contributed by atoms with Gasteiger partial charge in [-0.05, 0) is 33.2 Å². The van der Waals surface area contributed by atoms with Crippen molar-refractivity contribution >= 4 is 5.78 Å². The van der Waals surface area contributed by atoms with Gasteiger partial charge in [-0.2, -0.15) is 0 Å². The number of ketones is 1. The lowest BCUT2D eigenvalue weighted by Crippen LogP contribution is -2.36. The molecule has 1 fully saturated rings. The van der Waals surface area contributed by atoms with Crippen LogP contribution in [0.15, 0.2) is 0 Å². The number of Topliss-reactive ketones (excluding diaryl/α,β-unsaturated/α-hetero) is 1. The molecule has 1 rings (SSSR count). The van der Waals surface area contributed by atoms with Crippen LogP contribution in [0.25, 0.3) is 0 Å². The summed E-state index contributed by atoms with van der Waals surface area (Å²) in [5.41, 5.74) is 0. The summed E-state index contributed by atoms with van der Waals surface area (Å²) in [5.74, 6) is 0.439. The van der Waals surface area contributed by atoms with Crippen LogP contribution >= 0.6 is 0 Å². The average Bonchev–Trinajstić information content (AvgIpc) is 2.25. The summed E-state index contributed by atoms with van der Waals surface area (Å²) in [6, 6.07) is 0.615. The molecule has 88 valence electrons. The Bertz CT molecular complexity index is 184. The van der Waals surface area contributed by atoms with Gasteiger partial charge in [0.25, 0.3) is 0 Å². The molecule has 1 aliphatic carbocycles. The summed E-state index contributed by atoms with van der Waals surface area (Å²) in [6.07, 6.45) is 4.74. The molecule has 0 aliphatic heterocycles. The molecule has 0 N–H and O–H groups in total. The van der Waals surface area contributed by atoms with Gasteiger partial charge in [0, 0.05) is 38.6 Å². The molecule has 15 heavy (non-hydrogen) atoms. The van der Waals surface area contributed by atoms with E-state index in [1.54, 1.807) is 0 Å². The predicted octanol–water partition coefficient (Wildman–Crippen LogP) is 1.86. The molecule has 0 radical (unpaired) electrons. The Morgan fingerprint density at radius 3 is 2.67 bits per heavy atom. The Balaban J connectivity index is 2.11. The van der Waals surface area contributed by atoms with E-state index in [9.17, 15) is 4.79 Å². The Morgan fingerprint density at radius 2 is 2.07 bits per heavy atom. The third-order valence-electron chi connectivity index (χ3n) is 3.14. The van der Waals surface area contributed by atoms with E-state index in [-0.39, 0.29) is 0 Å². The van der Waals surface area contributed by atoms with Crippen molar-refractivity contribution in [3.63, 3.8) is 0 Å². The molecule has 3 nitrogen and oxygen atoms in total. The van der Waals surface area contributed by atoms with Gasteiger partial charge < -0.3 is 9.64 Å². The van der Waals surface area contributed by atoms with Gasteiger partial charge >= 0.3 is 0 Å². The topological polar surface area (TPSA) is 29.5 Å². The minimum Gasteiger partial charge on any atom is -0.382 e. The second-order valence-electron chi connectivity index (χ2n) is 4.30. The largest absolute Gasteiger partial charge is 0.382 e. The van der Waals surface area contributed by atoms with Gasteiger partial charge in [0.1, 0.15) is 5.78 Å². The van der Waals surface area contributed by atoms with Crippen molar-refractivity contribution < 1.29 is 9.53 Å². The standard InChI is InChI=1S/C12H23NO2/c1-3-15-10-4-9-13(2)11-5-7-12(14)8-6-11/h11H,3-10H2,1-2H3. The molecule has 1 saturated carbocycles. The van der Waals surface area contributed by atoms with Crippen LogP contribution in [0.3, 0.4) is 0 Å². The van der Waals surface area contributed by atoms with Crippen LogP contribution in [0.5, 0.6) is 0 Å². The van der Waals surface area contributed by atoms with E-state index in [2.05, 4.69) is 11.9 Å². The number of rotatable bonds is 6. The summed E-state index contributed by atoms with van der Waals surface area (Å²) in [5, 5.41) is 0. The summed E-state index contributed by atoms with van der Waals surface area (Å²) in [7, 11) is 2.16. The quantitative estimate of drug-likeness (QED) is 0.631. The normalized spacial score (nSPS) is 18.7.